The fourth-order valence-corrected chi connectivity index (χ4v) is 11.9. The second kappa shape index (κ2) is 38.6. The van der Waals surface area contributed by atoms with Crippen LogP contribution in [0.5, 0.6) is 46.0 Å². The molecule has 9 aromatic rings. The van der Waals surface area contributed by atoms with E-state index >= 15 is 70.2 Å². The van der Waals surface area contributed by atoms with Crippen molar-refractivity contribution in [2.75, 3.05) is 26.4 Å². The van der Waals surface area contributed by atoms with Gasteiger partial charge >= 0.3 is 67.0 Å². The lowest BCUT2D eigenvalue weighted by atomic mass is 9.73. The highest BCUT2D eigenvalue weighted by atomic mass is 19.4. The first kappa shape index (κ1) is 111. The largest absolute Gasteiger partial charge is 0.481 e. The molecule has 9 aromatic carbocycles. The summed E-state index contributed by atoms with van der Waals surface area (Å²) < 4.78 is 740. The third-order valence-electron chi connectivity index (χ3n) is 19.1. The highest BCUT2D eigenvalue weighted by molar-refractivity contribution is 5.71. The number of rotatable bonds is 40. The van der Waals surface area contributed by atoms with Crippen LogP contribution in [0, 0.1) is 140 Å². The predicted octanol–water partition coefficient (Wildman–Crippen LogP) is 28.5. The molecule has 0 fully saturated rings. The van der Waals surface area contributed by atoms with Gasteiger partial charge in [-0.2, -0.15) is 149 Å². The van der Waals surface area contributed by atoms with E-state index in [-0.39, 0.29) is 23.3 Å². The zero-order valence-corrected chi connectivity index (χ0v) is 67.7. The normalized spacial score (nSPS) is 13.3. The molecule has 9 rings (SSSR count). The monoisotopic (exact) mass is 2100 g/mol. The Balaban J connectivity index is 0.831. The maximum absolute atomic E-state index is 15.8. The van der Waals surface area contributed by atoms with Crippen molar-refractivity contribution in [2.24, 2.45) is 0 Å². The van der Waals surface area contributed by atoms with Gasteiger partial charge in [-0.05, 0) is 46.5 Å². The molecule has 766 valence electrons. The molecule has 0 bridgehead atoms. The van der Waals surface area contributed by atoms with Gasteiger partial charge in [-0.15, -0.1) is 0 Å². The zero-order valence-electron chi connectivity index (χ0n) is 67.7. The summed E-state index contributed by atoms with van der Waals surface area (Å²) in [6, 6.07) is 13.8. The smallest absolute Gasteiger partial charge is 0.453 e. The molecule has 0 radical (unpaired) electrons. The van der Waals surface area contributed by atoms with Crippen LogP contribution >= 0.6 is 0 Å². The fourth-order valence-electron chi connectivity index (χ4n) is 11.9. The van der Waals surface area contributed by atoms with Gasteiger partial charge in [0.15, 0.2) is 119 Å². The SMILES string of the molecule is C=Cc1c(F)c(F)c(OCC(F)(F)CC(F)(F)C(F)(F)OC(F)(F)C(F)(F)OC(F)(F)COc2c(F)c(F)c(-c3c(F)c(F)c(Oc4ccc(C(C)(C)c5cccc(C(C)(C)c6ccc(Oc7c(F)c(F)c(-c8c(F)c(F)c(OCC(F)(F)OC(F)(F)C(F)(F)OC(F)(F)C(F)(F)OC(F)(F)COc9c(F)c(F)c(C=C)c(F)c9F)c(F)c8F)c(F)c7F)cc6)c5)cc4)c(F)c3F)c(F)c2F)c(F)c1F. The summed E-state index contributed by atoms with van der Waals surface area (Å²) in [4.78, 5) is 0. The van der Waals surface area contributed by atoms with Crippen LogP contribution in [0.3, 0.4) is 0 Å². The standard InChI is InChI=1S/C81H40F48O11/c1-7-32-38(82)50(94)62(51(95)39(32)83)130-22-70(106,107)21-71(108,109)75(116,117)139-79(124,125)76(118,119)136-73(112,113)24-132-64-54(98)42(86)34(43(87)55(64)99)36-46(90)58(102)66(59(103)47(36)91)134-30-16-12-26(13-17-30)68(3,4)28-10-9-11-29(20-28)69(5,6)27-14-18-31(19-15-27)135-67-60(104)48(92)37(49(93)61(67)105)35-44(88)56(100)65(57(101)45(35)89)133-25-74(114,115)138-78(122,123)81(128,129)140-80(126,127)77(120,121)137-72(110,111)23-131-63-52(96)40(84)33(8-2)41(85)53(63)97/h7-20H,1-2,21-25H2,3-6H3. The highest BCUT2D eigenvalue weighted by Gasteiger charge is 2.76. The summed E-state index contributed by atoms with van der Waals surface area (Å²) in [7, 11) is 0. The molecule has 59 heteroatoms. The molecule has 0 unspecified atom stereocenters. The van der Waals surface area contributed by atoms with E-state index in [2.05, 4.69) is 46.3 Å². The van der Waals surface area contributed by atoms with Gasteiger partial charge < -0.3 is 28.4 Å². The van der Waals surface area contributed by atoms with E-state index in [9.17, 15) is 140 Å². The fraction of sp³-hybridized carbons (Fsp3) is 0.284. The van der Waals surface area contributed by atoms with E-state index in [0.29, 0.717) is 11.1 Å². The van der Waals surface area contributed by atoms with Crippen LogP contribution in [-0.4, -0.2) is 99.4 Å². The lowest BCUT2D eigenvalue weighted by Crippen LogP contribution is -2.58. The third-order valence-corrected chi connectivity index (χ3v) is 19.1. The second-order valence-electron chi connectivity index (χ2n) is 29.3. The highest BCUT2D eigenvalue weighted by Crippen LogP contribution is 2.55. The van der Waals surface area contributed by atoms with Gasteiger partial charge in [0.2, 0.25) is 81.3 Å². The molecule has 140 heavy (non-hydrogen) atoms. The van der Waals surface area contributed by atoms with Crippen molar-refractivity contribution in [1.29, 1.82) is 0 Å². The van der Waals surface area contributed by atoms with Gasteiger partial charge in [0.1, 0.15) is 11.5 Å². The number of alkyl halides is 24. The number of hydrogen-bond donors (Lipinski definition) is 0. The van der Waals surface area contributed by atoms with E-state index < -0.39 is 336 Å². The molecule has 0 N–H and O–H groups in total. The van der Waals surface area contributed by atoms with Gasteiger partial charge in [-0.1, -0.05) is 102 Å². The maximum atomic E-state index is 15.8. The average molecular weight is 2100 g/mol. The van der Waals surface area contributed by atoms with Crippen LogP contribution in [0.25, 0.3) is 34.4 Å². The molecule has 0 aliphatic rings. The van der Waals surface area contributed by atoms with Crippen LogP contribution in [-0.2, 0) is 34.5 Å². The van der Waals surface area contributed by atoms with Crippen LogP contribution in [0.15, 0.2) is 86.0 Å². The van der Waals surface area contributed by atoms with Crippen molar-refractivity contribution in [1.82, 2.24) is 0 Å². The first-order valence-corrected chi connectivity index (χ1v) is 36.4. The van der Waals surface area contributed by atoms with Crippen LogP contribution in [0.1, 0.15) is 67.5 Å². The van der Waals surface area contributed by atoms with Crippen molar-refractivity contribution in [3.63, 3.8) is 0 Å². The Morgan fingerprint density at radius 1 is 0.236 bits per heavy atom. The quantitative estimate of drug-likeness (QED) is 0.0271. The maximum Gasteiger partial charge on any atom is 0.453 e. The molecule has 0 saturated heterocycles. The predicted molar refractivity (Wildman–Crippen MR) is 371 cm³/mol. The average Bonchev–Trinajstić information content (AvgIpc) is 0.725. The molecular weight excluding hydrogens is 2060 g/mol. The number of benzene rings is 9. The van der Waals surface area contributed by atoms with E-state index in [0.717, 1.165) is 48.5 Å². The van der Waals surface area contributed by atoms with Crippen LogP contribution in [0.2, 0.25) is 0 Å². The molecule has 0 spiro atoms. The summed E-state index contributed by atoms with van der Waals surface area (Å²) >= 11 is 0. The number of halogens is 48. The van der Waals surface area contributed by atoms with Crippen molar-refractivity contribution in [3.05, 3.63) is 259 Å². The Hall–Kier alpha value is -12.3. The summed E-state index contributed by atoms with van der Waals surface area (Å²) in [5, 5.41) is 0. The molecule has 0 saturated carbocycles. The Morgan fingerprint density at radius 2 is 0.443 bits per heavy atom. The van der Waals surface area contributed by atoms with E-state index in [1.165, 1.54) is 52.0 Å². The minimum absolute atomic E-state index is 0.0836. The lowest BCUT2D eigenvalue weighted by molar-refractivity contribution is -0.557. The molecule has 0 aliphatic heterocycles. The number of ether oxygens (including phenoxy) is 11. The minimum Gasteiger partial charge on any atom is -0.481 e. The molecule has 0 heterocycles. The lowest BCUT2D eigenvalue weighted by Gasteiger charge is -2.34. The topological polar surface area (TPSA) is 102 Å². The molecular formula is C81H40F48O11. The van der Waals surface area contributed by atoms with Gasteiger partial charge in [-0.3, -0.25) is 0 Å². The van der Waals surface area contributed by atoms with Crippen LogP contribution < -0.4 is 28.4 Å². The van der Waals surface area contributed by atoms with Gasteiger partial charge in [0, 0.05) is 10.8 Å². The molecule has 0 amide bonds. The Labute approximate surface area is 745 Å². The summed E-state index contributed by atoms with van der Waals surface area (Å²) in [5.74, 6) is -101. The third kappa shape index (κ3) is 21.5. The Bertz CT molecular complexity index is 5740. The van der Waals surface area contributed by atoms with Crippen molar-refractivity contribution in [3.8, 4) is 68.2 Å². The van der Waals surface area contributed by atoms with Crippen molar-refractivity contribution >= 4 is 12.2 Å². The molecule has 0 aromatic heterocycles. The second-order valence-corrected chi connectivity index (χ2v) is 29.3. The molecule has 0 atom stereocenters. The molecule has 0 aliphatic carbocycles. The molecule has 11 nitrogen and oxygen atoms in total. The van der Waals surface area contributed by atoms with Crippen molar-refractivity contribution < 1.29 is 263 Å². The van der Waals surface area contributed by atoms with E-state index in [1.807, 2.05) is 4.74 Å². The minimum atomic E-state index is -7.74. The first-order valence-electron chi connectivity index (χ1n) is 36.4. The Morgan fingerprint density at radius 3 is 0.679 bits per heavy atom. The zero-order chi connectivity index (χ0) is 106. The number of hydrogen-bond acceptors (Lipinski definition) is 11. The van der Waals surface area contributed by atoms with E-state index in [1.54, 1.807) is 4.74 Å². The summed E-state index contributed by atoms with van der Waals surface area (Å²) in [5.41, 5.74) is -15.9. The first-order chi connectivity index (χ1) is 63.7. The summed E-state index contributed by atoms with van der Waals surface area (Å²) in [6.07, 6.45) is -76.2. The van der Waals surface area contributed by atoms with Crippen molar-refractivity contribution in [2.45, 2.75) is 118 Å². The van der Waals surface area contributed by atoms with E-state index in [4.69, 9.17) is 9.47 Å². The van der Waals surface area contributed by atoms with Crippen LogP contribution in [0.4, 0.5) is 211 Å². The summed E-state index contributed by atoms with van der Waals surface area (Å²) in [6.45, 7) is -1.85. The Kier molecular flexibility index (Phi) is 30.7. The van der Waals surface area contributed by atoms with Gasteiger partial charge in [-0.25, -0.2) is 85.2 Å². The van der Waals surface area contributed by atoms with Gasteiger partial charge in [0.25, 0.3) is 5.92 Å². The van der Waals surface area contributed by atoms with Gasteiger partial charge in [0.05, 0.1) is 39.8 Å².